The number of carbonyl (C=O) groups excluding carboxylic acids is 2. The zero-order chi connectivity index (χ0) is 27.6. The van der Waals surface area contributed by atoms with E-state index in [0.29, 0.717) is 36.3 Å². The van der Waals surface area contributed by atoms with E-state index < -0.39 is 5.41 Å². The van der Waals surface area contributed by atoms with E-state index >= 15 is 0 Å². The first-order valence-corrected chi connectivity index (χ1v) is 13.9. The SMILES string of the molecule is CNCC(=O)N1CCC(c2ccc(Nc3ncc(Cl)c(CCc4cccc5c4C(C)(C)C(=O)N5)n3)cc2)CC1. The summed E-state index contributed by atoms with van der Waals surface area (Å²) in [5, 5.41) is 9.76. The van der Waals surface area contributed by atoms with E-state index in [1.165, 1.54) is 5.56 Å². The van der Waals surface area contributed by atoms with Crippen LogP contribution in [0.15, 0.2) is 48.7 Å². The molecular weight excluding hydrogens is 512 g/mol. The number of fused-ring (bicyclic) bond motifs is 1. The van der Waals surface area contributed by atoms with Gasteiger partial charge < -0.3 is 20.9 Å². The van der Waals surface area contributed by atoms with Gasteiger partial charge in [0.1, 0.15) is 0 Å². The Morgan fingerprint density at radius 2 is 1.87 bits per heavy atom. The fraction of sp³-hybridized carbons (Fsp3) is 0.400. The van der Waals surface area contributed by atoms with E-state index in [2.05, 4.69) is 39.1 Å². The molecule has 0 unspecified atom stereocenters. The van der Waals surface area contributed by atoms with Gasteiger partial charge in [-0.25, -0.2) is 9.97 Å². The molecule has 3 heterocycles. The number of piperidine rings is 1. The van der Waals surface area contributed by atoms with E-state index in [1.54, 1.807) is 13.2 Å². The van der Waals surface area contributed by atoms with Crippen LogP contribution >= 0.6 is 11.6 Å². The van der Waals surface area contributed by atoms with Crippen LogP contribution in [0.5, 0.6) is 0 Å². The Balaban J connectivity index is 1.22. The van der Waals surface area contributed by atoms with E-state index in [1.807, 2.05) is 43.0 Å². The summed E-state index contributed by atoms with van der Waals surface area (Å²) in [6.07, 6.45) is 4.92. The number of nitrogens with one attached hydrogen (secondary N) is 3. The Kier molecular flexibility index (Phi) is 7.86. The van der Waals surface area contributed by atoms with Crippen molar-refractivity contribution in [2.45, 2.75) is 50.9 Å². The predicted molar refractivity (Wildman–Crippen MR) is 155 cm³/mol. The lowest BCUT2D eigenvalue weighted by Gasteiger charge is -2.32. The normalized spacial score (nSPS) is 16.6. The van der Waals surface area contributed by atoms with E-state index in [0.717, 1.165) is 54.1 Å². The third-order valence-electron chi connectivity index (χ3n) is 7.85. The topological polar surface area (TPSA) is 99.3 Å². The highest BCUT2D eigenvalue weighted by molar-refractivity contribution is 6.31. The molecular formula is C30H35ClN6O2. The number of halogens is 1. The summed E-state index contributed by atoms with van der Waals surface area (Å²) >= 11 is 6.47. The Bertz CT molecular complexity index is 1370. The van der Waals surface area contributed by atoms with E-state index in [4.69, 9.17) is 16.6 Å². The second-order valence-electron chi connectivity index (χ2n) is 10.8. The van der Waals surface area contributed by atoms with Gasteiger partial charge in [-0.2, -0.15) is 0 Å². The molecule has 0 bridgehead atoms. The molecule has 3 N–H and O–H groups in total. The smallest absolute Gasteiger partial charge is 0.236 e. The lowest BCUT2D eigenvalue weighted by Crippen LogP contribution is -2.41. The maximum atomic E-state index is 12.4. The number of aryl methyl sites for hydroxylation is 2. The standard InChI is InChI=1S/C30H35ClN6O2/c1-30(2)27-21(5-4-6-25(27)35-28(30)39)9-12-24-23(31)17-33-29(36-24)34-22-10-7-19(8-11-22)20-13-15-37(16-14-20)26(38)18-32-3/h4-8,10-11,17,20,32H,9,12-16,18H2,1-3H3,(H,35,39)(H,33,34,36). The number of hydrogen-bond acceptors (Lipinski definition) is 6. The molecule has 39 heavy (non-hydrogen) atoms. The van der Waals surface area contributed by atoms with Crippen molar-refractivity contribution < 1.29 is 9.59 Å². The minimum absolute atomic E-state index is 0.0209. The van der Waals surface area contributed by atoms with E-state index in [-0.39, 0.29) is 11.8 Å². The number of benzene rings is 2. The molecule has 2 amide bonds. The average Bonchev–Trinajstić information content (AvgIpc) is 3.17. The highest BCUT2D eigenvalue weighted by atomic mass is 35.5. The number of amides is 2. The molecule has 3 aromatic rings. The molecule has 204 valence electrons. The van der Waals surface area contributed by atoms with Gasteiger partial charge in [0.15, 0.2) is 0 Å². The Morgan fingerprint density at radius 1 is 1.13 bits per heavy atom. The zero-order valence-corrected chi connectivity index (χ0v) is 23.4. The molecule has 8 nitrogen and oxygen atoms in total. The van der Waals surface area contributed by atoms with Gasteiger partial charge in [0, 0.05) is 24.5 Å². The summed E-state index contributed by atoms with van der Waals surface area (Å²) in [4.78, 5) is 35.6. The van der Waals surface area contributed by atoms with Gasteiger partial charge in [0.05, 0.1) is 28.9 Å². The first-order chi connectivity index (χ1) is 18.8. The largest absolute Gasteiger partial charge is 0.342 e. The van der Waals surface area contributed by atoms with Crippen molar-refractivity contribution in [1.82, 2.24) is 20.2 Å². The number of nitrogens with zero attached hydrogens (tertiary/aromatic N) is 3. The van der Waals surface area contributed by atoms with E-state index in [9.17, 15) is 9.59 Å². The quantitative estimate of drug-likeness (QED) is 0.375. The van der Waals surface area contributed by atoms with Gasteiger partial charge in [-0.15, -0.1) is 0 Å². The van der Waals surface area contributed by atoms with Gasteiger partial charge in [-0.1, -0.05) is 35.9 Å². The summed E-state index contributed by atoms with van der Waals surface area (Å²) < 4.78 is 0. The van der Waals surface area contributed by atoms with Crippen molar-refractivity contribution in [3.63, 3.8) is 0 Å². The number of hydrogen-bond donors (Lipinski definition) is 3. The number of aromatic nitrogens is 2. The van der Waals surface area contributed by atoms with Crippen LogP contribution in [0.2, 0.25) is 5.02 Å². The molecule has 0 radical (unpaired) electrons. The Hall–Kier alpha value is -3.49. The first-order valence-electron chi connectivity index (χ1n) is 13.5. The third kappa shape index (κ3) is 5.77. The molecule has 1 fully saturated rings. The van der Waals surface area contributed by atoms with Crippen molar-refractivity contribution in [3.05, 3.63) is 76.1 Å². The summed E-state index contributed by atoms with van der Waals surface area (Å²) in [5.74, 6) is 1.13. The average molecular weight is 547 g/mol. The van der Waals surface area contributed by atoms with Crippen LogP contribution < -0.4 is 16.0 Å². The summed E-state index contributed by atoms with van der Waals surface area (Å²) in [5.41, 5.74) is 5.43. The summed E-state index contributed by atoms with van der Waals surface area (Å²) in [7, 11) is 1.80. The van der Waals surface area contributed by atoms with Gasteiger partial charge in [0.25, 0.3) is 0 Å². The van der Waals surface area contributed by atoms with Crippen molar-refractivity contribution >= 4 is 40.7 Å². The van der Waals surface area contributed by atoms with Crippen LogP contribution in [-0.4, -0.2) is 53.4 Å². The van der Waals surface area contributed by atoms with Crippen LogP contribution in [0, 0.1) is 0 Å². The van der Waals surface area contributed by atoms with Gasteiger partial charge in [-0.3, -0.25) is 9.59 Å². The maximum absolute atomic E-state index is 12.4. The lowest BCUT2D eigenvalue weighted by molar-refractivity contribution is -0.131. The molecule has 1 aromatic heterocycles. The fourth-order valence-electron chi connectivity index (χ4n) is 5.63. The molecule has 2 aliphatic heterocycles. The molecule has 2 aliphatic rings. The first kappa shape index (κ1) is 27.1. The van der Waals surface area contributed by atoms with Crippen LogP contribution in [0.1, 0.15) is 55.0 Å². The summed E-state index contributed by atoms with van der Waals surface area (Å²) in [6, 6.07) is 14.4. The third-order valence-corrected chi connectivity index (χ3v) is 8.17. The minimum atomic E-state index is -0.568. The molecule has 0 aliphatic carbocycles. The molecule has 9 heteroatoms. The van der Waals surface area contributed by atoms with Gasteiger partial charge in [-0.05, 0) is 87.4 Å². The Morgan fingerprint density at radius 3 is 2.59 bits per heavy atom. The lowest BCUT2D eigenvalue weighted by atomic mass is 9.82. The molecule has 1 saturated heterocycles. The second kappa shape index (κ2) is 11.3. The number of likely N-dealkylation sites (tertiary alicyclic amines) is 1. The molecule has 2 aromatic carbocycles. The minimum Gasteiger partial charge on any atom is -0.342 e. The summed E-state index contributed by atoms with van der Waals surface area (Å²) in [6.45, 7) is 5.89. The van der Waals surface area contributed by atoms with Gasteiger partial charge >= 0.3 is 0 Å². The van der Waals surface area contributed by atoms with Crippen molar-refractivity contribution in [3.8, 4) is 0 Å². The monoisotopic (exact) mass is 546 g/mol. The zero-order valence-electron chi connectivity index (χ0n) is 22.7. The number of carbonyl (C=O) groups is 2. The van der Waals surface area contributed by atoms with Crippen molar-refractivity contribution in [2.24, 2.45) is 0 Å². The van der Waals surface area contributed by atoms with Gasteiger partial charge in [0.2, 0.25) is 17.8 Å². The molecule has 5 rings (SSSR count). The molecule has 0 atom stereocenters. The van der Waals surface area contributed by atoms with Crippen LogP contribution in [0.3, 0.4) is 0 Å². The van der Waals surface area contributed by atoms with Crippen molar-refractivity contribution in [2.75, 3.05) is 37.3 Å². The van der Waals surface area contributed by atoms with Crippen LogP contribution in [0.25, 0.3) is 0 Å². The molecule has 0 saturated carbocycles. The number of rotatable bonds is 8. The highest BCUT2D eigenvalue weighted by Gasteiger charge is 2.39. The highest BCUT2D eigenvalue weighted by Crippen LogP contribution is 2.40. The Labute approximate surface area is 234 Å². The predicted octanol–water partition coefficient (Wildman–Crippen LogP) is 4.81. The maximum Gasteiger partial charge on any atom is 0.236 e. The van der Waals surface area contributed by atoms with Crippen LogP contribution in [0.4, 0.5) is 17.3 Å². The fourth-order valence-corrected chi connectivity index (χ4v) is 5.81. The second-order valence-corrected chi connectivity index (χ2v) is 11.2. The van der Waals surface area contributed by atoms with Crippen molar-refractivity contribution in [1.29, 1.82) is 0 Å². The number of anilines is 3. The van der Waals surface area contributed by atoms with Crippen LogP contribution in [-0.2, 0) is 27.8 Å². The molecule has 0 spiro atoms. The number of likely N-dealkylation sites (N-methyl/N-ethyl adjacent to an activating group) is 1.